The lowest BCUT2D eigenvalue weighted by Gasteiger charge is -2.13. The van der Waals surface area contributed by atoms with Crippen molar-refractivity contribution in [3.63, 3.8) is 0 Å². The SMILES string of the molecule is NC(CCc1ccccc1)c1ccccc1I. The van der Waals surface area contributed by atoms with Gasteiger partial charge in [-0.3, -0.25) is 0 Å². The van der Waals surface area contributed by atoms with Crippen LogP contribution in [0.1, 0.15) is 23.6 Å². The molecule has 0 saturated carbocycles. The zero-order chi connectivity index (χ0) is 12.1. The minimum Gasteiger partial charge on any atom is -0.324 e. The van der Waals surface area contributed by atoms with Gasteiger partial charge in [0.2, 0.25) is 0 Å². The van der Waals surface area contributed by atoms with Crippen LogP contribution in [0.25, 0.3) is 0 Å². The lowest BCUT2D eigenvalue weighted by Crippen LogP contribution is -2.12. The Balaban J connectivity index is 1.99. The molecule has 88 valence electrons. The third kappa shape index (κ3) is 3.54. The fraction of sp³-hybridized carbons (Fsp3) is 0.200. The molecule has 1 unspecified atom stereocenters. The second-order valence-electron chi connectivity index (χ2n) is 4.15. The Labute approximate surface area is 116 Å². The maximum absolute atomic E-state index is 6.24. The molecule has 0 aliphatic heterocycles. The summed E-state index contributed by atoms with van der Waals surface area (Å²) in [6.45, 7) is 0. The first-order chi connectivity index (χ1) is 8.27. The molecular weight excluding hydrogens is 321 g/mol. The van der Waals surface area contributed by atoms with Crippen LogP contribution in [-0.2, 0) is 6.42 Å². The van der Waals surface area contributed by atoms with Gasteiger partial charge < -0.3 is 5.73 Å². The van der Waals surface area contributed by atoms with Crippen molar-refractivity contribution in [2.45, 2.75) is 18.9 Å². The second kappa shape index (κ2) is 6.17. The predicted octanol–water partition coefficient (Wildman–Crippen LogP) is 3.92. The maximum atomic E-state index is 6.24. The van der Waals surface area contributed by atoms with Crippen molar-refractivity contribution in [2.75, 3.05) is 0 Å². The molecule has 2 heteroatoms. The number of halogens is 1. The van der Waals surface area contributed by atoms with Crippen molar-refractivity contribution in [2.24, 2.45) is 5.73 Å². The highest BCUT2D eigenvalue weighted by Gasteiger charge is 2.08. The molecule has 2 aromatic carbocycles. The van der Waals surface area contributed by atoms with Crippen LogP contribution in [-0.4, -0.2) is 0 Å². The molecule has 0 aromatic heterocycles. The molecule has 0 saturated heterocycles. The van der Waals surface area contributed by atoms with Gasteiger partial charge in [0.05, 0.1) is 0 Å². The molecule has 0 heterocycles. The van der Waals surface area contributed by atoms with Gasteiger partial charge >= 0.3 is 0 Å². The van der Waals surface area contributed by atoms with Crippen molar-refractivity contribution >= 4 is 22.6 Å². The van der Waals surface area contributed by atoms with Crippen molar-refractivity contribution in [3.05, 3.63) is 69.3 Å². The van der Waals surface area contributed by atoms with E-state index in [0.717, 1.165) is 12.8 Å². The van der Waals surface area contributed by atoms with E-state index >= 15 is 0 Å². The van der Waals surface area contributed by atoms with Crippen LogP contribution in [0.15, 0.2) is 54.6 Å². The standard InChI is InChI=1S/C15H16IN/c16-14-9-5-4-8-13(14)15(17)11-10-12-6-2-1-3-7-12/h1-9,15H,10-11,17H2. The maximum Gasteiger partial charge on any atom is 0.0308 e. The van der Waals surface area contributed by atoms with Crippen molar-refractivity contribution in [1.82, 2.24) is 0 Å². The molecule has 2 rings (SSSR count). The Bertz CT molecular complexity index is 467. The van der Waals surface area contributed by atoms with Crippen molar-refractivity contribution in [3.8, 4) is 0 Å². The Morgan fingerprint density at radius 1 is 0.941 bits per heavy atom. The number of hydrogen-bond acceptors (Lipinski definition) is 1. The van der Waals surface area contributed by atoms with E-state index in [4.69, 9.17) is 5.73 Å². The van der Waals surface area contributed by atoms with Crippen LogP contribution in [0.4, 0.5) is 0 Å². The highest BCUT2D eigenvalue weighted by Crippen LogP contribution is 2.21. The largest absolute Gasteiger partial charge is 0.324 e. The van der Waals surface area contributed by atoms with E-state index in [-0.39, 0.29) is 6.04 Å². The highest BCUT2D eigenvalue weighted by atomic mass is 127. The zero-order valence-corrected chi connectivity index (χ0v) is 11.8. The number of rotatable bonds is 4. The summed E-state index contributed by atoms with van der Waals surface area (Å²) in [5.41, 5.74) is 8.85. The molecule has 2 aromatic rings. The average molecular weight is 337 g/mol. The van der Waals surface area contributed by atoms with E-state index in [0.29, 0.717) is 0 Å². The minimum atomic E-state index is 0.128. The quantitative estimate of drug-likeness (QED) is 0.841. The second-order valence-corrected chi connectivity index (χ2v) is 5.31. The van der Waals surface area contributed by atoms with Crippen LogP contribution >= 0.6 is 22.6 Å². The van der Waals surface area contributed by atoms with Gasteiger partial charge in [-0.1, -0.05) is 48.5 Å². The van der Waals surface area contributed by atoms with Crippen LogP contribution < -0.4 is 5.73 Å². The van der Waals surface area contributed by atoms with Crippen LogP contribution in [0.2, 0.25) is 0 Å². The highest BCUT2D eigenvalue weighted by molar-refractivity contribution is 14.1. The van der Waals surface area contributed by atoms with E-state index in [1.54, 1.807) is 0 Å². The molecule has 1 atom stereocenters. The fourth-order valence-electron chi connectivity index (χ4n) is 1.90. The Morgan fingerprint density at radius 2 is 1.59 bits per heavy atom. The van der Waals surface area contributed by atoms with Crippen molar-refractivity contribution < 1.29 is 0 Å². The van der Waals surface area contributed by atoms with E-state index in [1.807, 2.05) is 6.07 Å². The van der Waals surface area contributed by atoms with E-state index in [9.17, 15) is 0 Å². The Kier molecular flexibility index (Phi) is 4.57. The first-order valence-corrected chi connectivity index (χ1v) is 6.89. The fourth-order valence-corrected chi connectivity index (χ4v) is 2.69. The van der Waals surface area contributed by atoms with Gasteiger partial charge in [0, 0.05) is 9.61 Å². The minimum absolute atomic E-state index is 0.128. The summed E-state index contributed by atoms with van der Waals surface area (Å²) in [7, 11) is 0. The van der Waals surface area contributed by atoms with Crippen LogP contribution in [0.5, 0.6) is 0 Å². The van der Waals surface area contributed by atoms with Gasteiger partial charge in [-0.05, 0) is 52.6 Å². The van der Waals surface area contributed by atoms with E-state index < -0.39 is 0 Å². The zero-order valence-electron chi connectivity index (χ0n) is 9.64. The Hall–Kier alpha value is -0.870. The summed E-state index contributed by atoms with van der Waals surface area (Å²) in [6, 6.07) is 19.0. The Morgan fingerprint density at radius 3 is 2.29 bits per heavy atom. The van der Waals surface area contributed by atoms with Gasteiger partial charge in [-0.25, -0.2) is 0 Å². The smallest absolute Gasteiger partial charge is 0.0308 e. The van der Waals surface area contributed by atoms with E-state index in [2.05, 4.69) is 71.1 Å². The number of aryl methyl sites for hydroxylation is 1. The van der Waals surface area contributed by atoms with E-state index in [1.165, 1.54) is 14.7 Å². The predicted molar refractivity (Wildman–Crippen MR) is 80.9 cm³/mol. The van der Waals surface area contributed by atoms with Gasteiger partial charge in [0.15, 0.2) is 0 Å². The van der Waals surface area contributed by atoms with Gasteiger partial charge in [-0.15, -0.1) is 0 Å². The molecule has 0 amide bonds. The van der Waals surface area contributed by atoms with Crippen molar-refractivity contribution in [1.29, 1.82) is 0 Å². The molecular formula is C15H16IN. The summed E-state index contributed by atoms with van der Waals surface area (Å²) in [5, 5.41) is 0. The molecule has 17 heavy (non-hydrogen) atoms. The number of nitrogens with two attached hydrogens (primary N) is 1. The molecule has 0 spiro atoms. The first kappa shape index (κ1) is 12.6. The number of hydrogen-bond donors (Lipinski definition) is 1. The molecule has 2 N–H and O–H groups in total. The molecule has 0 radical (unpaired) electrons. The third-order valence-electron chi connectivity index (χ3n) is 2.89. The lowest BCUT2D eigenvalue weighted by molar-refractivity contribution is 0.648. The van der Waals surface area contributed by atoms with Crippen LogP contribution in [0, 0.1) is 3.57 Å². The topological polar surface area (TPSA) is 26.0 Å². The van der Waals surface area contributed by atoms with Crippen LogP contribution in [0.3, 0.4) is 0 Å². The van der Waals surface area contributed by atoms with Gasteiger partial charge in [-0.2, -0.15) is 0 Å². The van der Waals surface area contributed by atoms with Gasteiger partial charge in [0.1, 0.15) is 0 Å². The normalized spacial score (nSPS) is 12.4. The number of benzene rings is 2. The van der Waals surface area contributed by atoms with Gasteiger partial charge in [0.25, 0.3) is 0 Å². The molecule has 0 bridgehead atoms. The summed E-state index contributed by atoms with van der Waals surface area (Å²) in [4.78, 5) is 0. The lowest BCUT2D eigenvalue weighted by atomic mass is 10.00. The summed E-state index contributed by atoms with van der Waals surface area (Å²) in [5.74, 6) is 0. The molecule has 0 fully saturated rings. The summed E-state index contributed by atoms with van der Waals surface area (Å²) in [6.07, 6.45) is 2.02. The summed E-state index contributed by atoms with van der Waals surface area (Å²) >= 11 is 2.35. The molecule has 0 aliphatic rings. The molecule has 0 aliphatic carbocycles. The molecule has 1 nitrogen and oxygen atoms in total. The average Bonchev–Trinajstić information content (AvgIpc) is 2.38. The third-order valence-corrected chi connectivity index (χ3v) is 3.87. The first-order valence-electron chi connectivity index (χ1n) is 5.81. The monoisotopic (exact) mass is 337 g/mol. The summed E-state index contributed by atoms with van der Waals surface area (Å²) < 4.78 is 1.26.